The number of hydrogen-bond donors (Lipinski definition) is 0. The van der Waals surface area contributed by atoms with E-state index in [-0.39, 0.29) is 11.5 Å². The highest BCUT2D eigenvalue weighted by Gasteiger charge is 2.17. The van der Waals surface area contributed by atoms with Crippen LogP contribution in [-0.2, 0) is 7.05 Å². The highest BCUT2D eigenvalue weighted by atomic mass is 16.2. The number of carbonyl (C=O) groups excluding carboxylic acids is 1. The Hall–Kier alpha value is -2.10. The van der Waals surface area contributed by atoms with Crippen molar-refractivity contribution in [2.24, 2.45) is 7.05 Å². The van der Waals surface area contributed by atoms with Crippen molar-refractivity contribution >= 4 is 16.7 Å². The molecule has 4 heteroatoms. The van der Waals surface area contributed by atoms with Gasteiger partial charge in [-0.15, -0.1) is 0 Å². The lowest BCUT2D eigenvalue weighted by Gasteiger charge is -2.20. The summed E-state index contributed by atoms with van der Waals surface area (Å²) < 4.78 is 1.45. The molecule has 0 spiro atoms. The minimum atomic E-state index is -0.123. The zero-order valence-corrected chi connectivity index (χ0v) is 12.4. The fourth-order valence-corrected chi connectivity index (χ4v) is 2.39. The van der Waals surface area contributed by atoms with Crippen LogP contribution in [0.25, 0.3) is 10.8 Å². The van der Waals surface area contributed by atoms with E-state index in [9.17, 15) is 9.59 Å². The number of rotatable bonds is 3. The van der Waals surface area contributed by atoms with Gasteiger partial charge in [0.1, 0.15) is 5.69 Å². The first kappa shape index (κ1) is 14.3. The summed E-state index contributed by atoms with van der Waals surface area (Å²) in [7, 11) is 1.65. The first-order chi connectivity index (χ1) is 9.49. The molecule has 2 aromatic rings. The van der Waals surface area contributed by atoms with Gasteiger partial charge < -0.3 is 9.47 Å². The van der Waals surface area contributed by atoms with Crippen LogP contribution in [0, 0.1) is 6.92 Å². The molecule has 2 rings (SSSR count). The van der Waals surface area contributed by atoms with Crippen LogP contribution in [0.4, 0.5) is 0 Å². The minimum Gasteiger partial charge on any atom is -0.338 e. The van der Waals surface area contributed by atoms with Crippen molar-refractivity contribution in [2.45, 2.75) is 20.8 Å². The summed E-state index contributed by atoms with van der Waals surface area (Å²) in [6, 6.07) is 7.51. The van der Waals surface area contributed by atoms with Crippen molar-refractivity contribution in [3.63, 3.8) is 0 Å². The van der Waals surface area contributed by atoms with Crippen LogP contribution in [0.2, 0.25) is 0 Å². The number of aromatic nitrogens is 1. The zero-order chi connectivity index (χ0) is 14.9. The Balaban J connectivity index is 2.67. The topological polar surface area (TPSA) is 42.3 Å². The molecule has 0 saturated heterocycles. The first-order valence-corrected chi connectivity index (χ1v) is 6.89. The van der Waals surface area contributed by atoms with Gasteiger partial charge in [-0.3, -0.25) is 9.59 Å². The van der Waals surface area contributed by atoms with E-state index < -0.39 is 0 Å². The second-order valence-electron chi connectivity index (χ2n) is 4.96. The predicted octanol–water partition coefficient (Wildman–Crippen LogP) is 2.33. The summed E-state index contributed by atoms with van der Waals surface area (Å²) in [6.45, 7) is 7.09. The van der Waals surface area contributed by atoms with Crippen molar-refractivity contribution in [1.82, 2.24) is 9.47 Å². The largest absolute Gasteiger partial charge is 0.338 e. The maximum absolute atomic E-state index is 12.5. The Morgan fingerprint density at radius 1 is 1.20 bits per heavy atom. The molecule has 0 N–H and O–H groups in total. The maximum atomic E-state index is 12.5. The molecule has 0 aliphatic carbocycles. The molecule has 0 bridgehead atoms. The van der Waals surface area contributed by atoms with Crippen molar-refractivity contribution in [3.05, 3.63) is 45.9 Å². The van der Waals surface area contributed by atoms with Gasteiger partial charge in [0.25, 0.3) is 11.5 Å². The molecule has 0 unspecified atom stereocenters. The number of benzene rings is 1. The number of hydrogen-bond acceptors (Lipinski definition) is 2. The van der Waals surface area contributed by atoms with E-state index in [0.717, 1.165) is 10.9 Å². The predicted molar refractivity (Wildman–Crippen MR) is 81.2 cm³/mol. The van der Waals surface area contributed by atoms with Crippen LogP contribution in [0.1, 0.15) is 29.9 Å². The Bertz CT molecular complexity index is 712. The summed E-state index contributed by atoms with van der Waals surface area (Å²) >= 11 is 0. The molecule has 0 saturated carbocycles. The Labute approximate surface area is 118 Å². The molecular formula is C16H20N2O2. The van der Waals surface area contributed by atoms with Crippen LogP contribution in [0.3, 0.4) is 0 Å². The van der Waals surface area contributed by atoms with Gasteiger partial charge in [0.15, 0.2) is 0 Å². The quantitative estimate of drug-likeness (QED) is 0.860. The summed E-state index contributed by atoms with van der Waals surface area (Å²) in [5.74, 6) is -0.0999. The Morgan fingerprint density at radius 2 is 1.85 bits per heavy atom. The third-order valence-corrected chi connectivity index (χ3v) is 3.67. The van der Waals surface area contributed by atoms with Gasteiger partial charge in [-0.25, -0.2) is 0 Å². The van der Waals surface area contributed by atoms with Gasteiger partial charge in [-0.05, 0) is 38.3 Å². The smallest absolute Gasteiger partial charge is 0.270 e. The van der Waals surface area contributed by atoms with E-state index in [1.54, 1.807) is 18.0 Å². The van der Waals surface area contributed by atoms with Gasteiger partial charge in [0, 0.05) is 25.5 Å². The summed E-state index contributed by atoms with van der Waals surface area (Å²) in [5.41, 5.74) is 1.36. The molecule has 0 fully saturated rings. The summed E-state index contributed by atoms with van der Waals surface area (Å²) in [5, 5.41) is 1.47. The normalized spacial score (nSPS) is 10.8. The molecule has 0 radical (unpaired) electrons. The highest BCUT2D eigenvalue weighted by Crippen LogP contribution is 2.15. The third kappa shape index (κ3) is 2.33. The molecule has 1 aromatic heterocycles. The molecule has 4 nitrogen and oxygen atoms in total. The number of fused-ring (bicyclic) bond motifs is 1. The maximum Gasteiger partial charge on any atom is 0.270 e. The second kappa shape index (κ2) is 5.49. The Kier molecular flexibility index (Phi) is 3.93. The van der Waals surface area contributed by atoms with Gasteiger partial charge in [-0.2, -0.15) is 0 Å². The van der Waals surface area contributed by atoms with Gasteiger partial charge in [0.2, 0.25) is 0 Å². The molecule has 0 atom stereocenters. The molecule has 0 aliphatic rings. The van der Waals surface area contributed by atoms with Crippen molar-refractivity contribution in [3.8, 4) is 0 Å². The number of nitrogens with zero attached hydrogens (tertiary/aromatic N) is 2. The molecule has 1 aromatic carbocycles. The first-order valence-electron chi connectivity index (χ1n) is 6.89. The fraction of sp³-hybridized carbons (Fsp3) is 0.375. The lowest BCUT2D eigenvalue weighted by molar-refractivity contribution is 0.0762. The number of carbonyl (C=O) groups is 1. The van der Waals surface area contributed by atoms with E-state index in [1.165, 1.54) is 4.57 Å². The molecule has 1 amide bonds. The van der Waals surface area contributed by atoms with Crippen molar-refractivity contribution < 1.29 is 4.79 Å². The highest BCUT2D eigenvalue weighted by molar-refractivity contribution is 5.96. The summed E-state index contributed by atoms with van der Waals surface area (Å²) in [6.07, 6.45) is 0. The number of amides is 1. The lowest BCUT2D eigenvalue weighted by atomic mass is 10.1. The van der Waals surface area contributed by atoms with Gasteiger partial charge in [0.05, 0.1) is 0 Å². The van der Waals surface area contributed by atoms with Crippen LogP contribution in [0.15, 0.2) is 29.1 Å². The van der Waals surface area contributed by atoms with E-state index in [2.05, 4.69) is 0 Å². The number of pyridine rings is 1. The average Bonchev–Trinajstić information content (AvgIpc) is 2.44. The van der Waals surface area contributed by atoms with E-state index in [1.807, 2.05) is 39.0 Å². The van der Waals surface area contributed by atoms with E-state index in [0.29, 0.717) is 24.2 Å². The molecule has 106 valence electrons. The van der Waals surface area contributed by atoms with E-state index in [4.69, 9.17) is 0 Å². The minimum absolute atomic E-state index is 0.0999. The average molecular weight is 272 g/mol. The molecule has 1 heterocycles. The third-order valence-electron chi connectivity index (χ3n) is 3.67. The monoisotopic (exact) mass is 272 g/mol. The summed E-state index contributed by atoms with van der Waals surface area (Å²) in [4.78, 5) is 26.6. The van der Waals surface area contributed by atoms with Crippen LogP contribution in [-0.4, -0.2) is 28.5 Å². The number of aryl methyl sites for hydroxylation is 1. The van der Waals surface area contributed by atoms with Crippen LogP contribution in [0.5, 0.6) is 0 Å². The standard InChI is InChI=1S/C16H20N2O2/c1-5-18(6-2)16(20)14-10-12-8-7-11(3)9-13(12)15(19)17(14)4/h7-10H,5-6H2,1-4H3. The van der Waals surface area contributed by atoms with Crippen molar-refractivity contribution in [2.75, 3.05) is 13.1 Å². The SMILES string of the molecule is CCN(CC)C(=O)c1cc2ccc(C)cc2c(=O)n1C. The molecular weight excluding hydrogens is 252 g/mol. The van der Waals surface area contributed by atoms with Crippen LogP contribution < -0.4 is 5.56 Å². The Morgan fingerprint density at radius 3 is 2.45 bits per heavy atom. The van der Waals surface area contributed by atoms with Crippen molar-refractivity contribution in [1.29, 1.82) is 0 Å². The molecule has 0 aliphatic heterocycles. The van der Waals surface area contributed by atoms with Crippen LogP contribution >= 0.6 is 0 Å². The zero-order valence-electron chi connectivity index (χ0n) is 12.4. The second-order valence-corrected chi connectivity index (χ2v) is 4.96. The lowest BCUT2D eigenvalue weighted by Crippen LogP contribution is -2.35. The van der Waals surface area contributed by atoms with Gasteiger partial charge in [-0.1, -0.05) is 17.7 Å². The fourth-order valence-electron chi connectivity index (χ4n) is 2.39. The van der Waals surface area contributed by atoms with Gasteiger partial charge >= 0.3 is 0 Å². The molecule has 20 heavy (non-hydrogen) atoms. The van der Waals surface area contributed by atoms with E-state index >= 15 is 0 Å².